The van der Waals surface area contributed by atoms with Crippen molar-refractivity contribution in [3.05, 3.63) is 58.6 Å². The van der Waals surface area contributed by atoms with Crippen molar-refractivity contribution in [3.63, 3.8) is 0 Å². The Morgan fingerprint density at radius 2 is 1.83 bits per heavy atom. The molecule has 0 unspecified atom stereocenters. The molecule has 1 atom stereocenters. The quantitative estimate of drug-likeness (QED) is 0.603. The van der Waals surface area contributed by atoms with Gasteiger partial charge in [-0.2, -0.15) is 8.42 Å². The van der Waals surface area contributed by atoms with Gasteiger partial charge in [-0.25, -0.2) is 4.79 Å². The molecule has 2 rings (SSSR count). The van der Waals surface area contributed by atoms with E-state index in [0.29, 0.717) is 18.7 Å². The number of nitrogens with zero attached hydrogens (tertiary/aromatic N) is 1. The summed E-state index contributed by atoms with van der Waals surface area (Å²) in [6, 6.07) is 11.5. The lowest BCUT2D eigenvalue weighted by molar-refractivity contribution is 0.174. The van der Waals surface area contributed by atoms with Crippen LogP contribution in [-0.2, 0) is 16.7 Å². The van der Waals surface area contributed by atoms with E-state index in [2.05, 4.69) is 5.32 Å². The lowest BCUT2D eigenvalue weighted by Crippen LogP contribution is -2.44. The van der Waals surface area contributed by atoms with Gasteiger partial charge in [0.2, 0.25) is 0 Å². The van der Waals surface area contributed by atoms with Gasteiger partial charge in [-0.05, 0) is 56.5 Å². The molecule has 0 aliphatic carbocycles. The first kappa shape index (κ1) is 23.0. The highest BCUT2D eigenvalue weighted by atomic mass is 35.5. The summed E-state index contributed by atoms with van der Waals surface area (Å²) in [5, 5.41) is 2.94. The van der Waals surface area contributed by atoms with Crippen molar-refractivity contribution in [2.24, 2.45) is 0 Å². The summed E-state index contributed by atoms with van der Waals surface area (Å²) in [6.45, 7) is 8.52. The van der Waals surface area contributed by atoms with Gasteiger partial charge in [0.05, 0.1) is 5.02 Å². The molecule has 0 spiro atoms. The minimum Gasteiger partial charge on any atom is -0.379 e. The van der Waals surface area contributed by atoms with Gasteiger partial charge in [0.1, 0.15) is 10.6 Å². The summed E-state index contributed by atoms with van der Waals surface area (Å²) in [5.41, 5.74) is 1.38. The number of urea groups is 1. The first-order valence-corrected chi connectivity index (χ1v) is 11.3. The molecule has 6 nitrogen and oxygen atoms in total. The van der Waals surface area contributed by atoms with Crippen LogP contribution in [0.15, 0.2) is 47.4 Å². The highest BCUT2D eigenvalue weighted by Crippen LogP contribution is 2.28. The van der Waals surface area contributed by atoms with E-state index < -0.39 is 10.1 Å². The minimum absolute atomic E-state index is 0.0371. The Morgan fingerprint density at radius 1 is 1.17 bits per heavy atom. The molecule has 0 aromatic heterocycles. The van der Waals surface area contributed by atoms with Crippen LogP contribution in [0, 0.1) is 6.92 Å². The van der Waals surface area contributed by atoms with Crippen molar-refractivity contribution in [1.82, 2.24) is 10.2 Å². The van der Waals surface area contributed by atoms with Crippen LogP contribution in [0.2, 0.25) is 5.02 Å². The monoisotopic (exact) mass is 438 g/mol. The fraction of sp³-hybridized carbons (Fsp3) is 0.381. The maximum absolute atomic E-state index is 12.6. The number of aryl methyl sites for hydroxylation is 1. The second-order valence-corrected chi connectivity index (χ2v) is 8.68. The Morgan fingerprint density at radius 3 is 2.38 bits per heavy atom. The summed E-state index contributed by atoms with van der Waals surface area (Å²) >= 11 is 6.06. The van der Waals surface area contributed by atoms with Gasteiger partial charge in [-0.15, -0.1) is 0 Å². The molecule has 0 saturated carbocycles. The van der Waals surface area contributed by atoms with E-state index in [1.54, 1.807) is 48.2 Å². The number of nitrogens with one attached hydrogen (secondary N) is 1. The third-order valence-corrected chi connectivity index (χ3v) is 6.49. The Balaban J connectivity index is 2.18. The number of carbonyl (C=O) groups is 1. The first-order chi connectivity index (χ1) is 13.7. The molecule has 0 heterocycles. The number of halogens is 1. The van der Waals surface area contributed by atoms with Gasteiger partial charge >= 0.3 is 16.1 Å². The zero-order valence-corrected chi connectivity index (χ0v) is 18.7. The van der Waals surface area contributed by atoms with Gasteiger partial charge in [0.15, 0.2) is 0 Å². The number of rotatable bonds is 8. The lowest BCUT2D eigenvalue weighted by Gasteiger charge is -2.28. The maximum atomic E-state index is 12.6. The van der Waals surface area contributed by atoms with E-state index in [1.165, 1.54) is 6.07 Å². The average molecular weight is 439 g/mol. The van der Waals surface area contributed by atoms with E-state index >= 15 is 0 Å². The van der Waals surface area contributed by atoms with Crippen LogP contribution in [0.3, 0.4) is 0 Å². The molecule has 2 aromatic carbocycles. The molecule has 0 aliphatic rings. The zero-order chi connectivity index (χ0) is 21.6. The summed E-state index contributed by atoms with van der Waals surface area (Å²) in [7, 11) is -4.06. The van der Waals surface area contributed by atoms with Gasteiger partial charge < -0.3 is 14.4 Å². The van der Waals surface area contributed by atoms with Crippen molar-refractivity contribution in [2.75, 3.05) is 6.54 Å². The van der Waals surface area contributed by atoms with Gasteiger partial charge in [-0.3, -0.25) is 0 Å². The lowest BCUT2D eigenvalue weighted by atomic mass is 10.1. The molecule has 29 heavy (non-hydrogen) atoms. The number of amides is 2. The number of hydrogen-bond donors (Lipinski definition) is 1. The van der Waals surface area contributed by atoms with Crippen molar-refractivity contribution in [2.45, 2.75) is 51.6 Å². The van der Waals surface area contributed by atoms with Crippen LogP contribution >= 0.6 is 11.6 Å². The predicted octanol–water partition coefficient (Wildman–Crippen LogP) is 4.75. The summed E-state index contributed by atoms with van der Waals surface area (Å²) < 4.78 is 30.5. The second-order valence-electron chi connectivity index (χ2n) is 6.79. The molecule has 0 aliphatic heterocycles. The third-order valence-electron chi connectivity index (χ3n) is 4.61. The van der Waals surface area contributed by atoms with E-state index in [1.807, 2.05) is 20.8 Å². The van der Waals surface area contributed by atoms with Crippen molar-refractivity contribution >= 4 is 27.8 Å². The van der Waals surface area contributed by atoms with Crippen LogP contribution in [0.1, 0.15) is 38.3 Å². The second kappa shape index (κ2) is 9.98. The van der Waals surface area contributed by atoms with E-state index in [9.17, 15) is 13.2 Å². The predicted molar refractivity (Wildman–Crippen MR) is 115 cm³/mol. The Kier molecular flexibility index (Phi) is 7.93. The minimum atomic E-state index is -4.06. The molecular weight excluding hydrogens is 412 g/mol. The summed E-state index contributed by atoms with van der Waals surface area (Å²) in [4.78, 5) is 14.0. The summed E-state index contributed by atoms with van der Waals surface area (Å²) in [6.07, 6.45) is 0.827. The van der Waals surface area contributed by atoms with Gasteiger partial charge in [0.25, 0.3) is 0 Å². The molecule has 0 bridgehead atoms. The summed E-state index contributed by atoms with van der Waals surface area (Å²) in [5.74, 6) is 0.182. The molecular formula is C21H27ClN2O4S. The van der Waals surface area contributed by atoms with Crippen LogP contribution in [-0.4, -0.2) is 31.9 Å². The van der Waals surface area contributed by atoms with Crippen molar-refractivity contribution in [3.8, 4) is 5.75 Å². The smallest absolute Gasteiger partial charge is 0.340 e. The molecule has 0 fully saturated rings. The highest BCUT2D eigenvalue weighted by Gasteiger charge is 2.23. The average Bonchev–Trinajstić information content (AvgIpc) is 2.66. The van der Waals surface area contributed by atoms with E-state index in [-0.39, 0.29) is 27.7 Å². The SMILES string of the molecule is CCNC(=O)N(Cc1ccc(OS(=O)(=O)c2c(C)cccc2Cl)cc1)[C@H](C)CC. The van der Waals surface area contributed by atoms with Crippen LogP contribution in [0.4, 0.5) is 4.79 Å². The van der Waals surface area contributed by atoms with Crippen LogP contribution < -0.4 is 9.50 Å². The third kappa shape index (κ3) is 5.87. The topological polar surface area (TPSA) is 75.7 Å². The Hall–Kier alpha value is -2.25. The fourth-order valence-electron chi connectivity index (χ4n) is 2.85. The zero-order valence-electron chi connectivity index (χ0n) is 17.1. The number of carbonyl (C=O) groups excluding carboxylic acids is 1. The molecule has 1 N–H and O–H groups in total. The Bertz CT molecular complexity index is 925. The molecule has 0 radical (unpaired) electrons. The van der Waals surface area contributed by atoms with E-state index in [4.69, 9.17) is 15.8 Å². The number of benzene rings is 2. The van der Waals surface area contributed by atoms with Gasteiger partial charge in [-0.1, -0.05) is 42.8 Å². The molecule has 158 valence electrons. The normalized spacial score (nSPS) is 12.3. The van der Waals surface area contributed by atoms with Crippen LogP contribution in [0.25, 0.3) is 0 Å². The largest absolute Gasteiger partial charge is 0.379 e. The number of hydrogen-bond acceptors (Lipinski definition) is 4. The van der Waals surface area contributed by atoms with Crippen LogP contribution in [0.5, 0.6) is 5.75 Å². The van der Waals surface area contributed by atoms with Crippen molar-refractivity contribution in [1.29, 1.82) is 0 Å². The molecule has 0 saturated heterocycles. The Labute approximate surface area is 177 Å². The van der Waals surface area contributed by atoms with Crippen molar-refractivity contribution < 1.29 is 17.4 Å². The standard InChI is InChI=1S/C21H27ClN2O4S/c1-5-16(4)24(21(25)23-6-2)14-17-10-12-18(13-11-17)28-29(26,27)20-15(3)8-7-9-19(20)22/h7-13,16H,5-6,14H2,1-4H3,(H,23,25)/t16-/m1/s1. The first-order valence-electron chi connectivity index (χ1n) is 9.52. The molecule has 2 aromatic rings. The van der Waals surface area contributed by atoms with E-state index in [0.717, 1.165) is 12.0 Å². The molecule has 2 amide bonds. The molecule has 8 heteroatoms. The highest BCUT2D eigenvalue weighted by molar-refractivity contribution is 7.87. The maximum Gasteiger partial charge on any atom is 0.340 e. The fourth-order valence-corrected chi connectivity index (χ4v) is 4.57. The van der Waals surface area contributed by atoms with Gasteiger partial charge in [0, 0.05) is 19.1 Å².